The van der Waals surface area contributed by atoms with E-state index >= 15 is 0 Å². The second-order valence-corrected chi connectivity index (χ2v) is 5.54. The number of hydrogen-bond donors (Lipinski definition) is 2. The fraction of sp³-hybridized carbons (Fsp3) is 0.846. The number of carbonyl (C=O) groups is 2. The van der Waals surface area contributed by atoms with E-state index in [4.69, 9.17) is 11.5 Å². The van der Waals surface area contributed by atoms with Gasteiger partial charge in [0.15, 0.2) is 0 Å². The molecule has 104 valence electrons. The first-order chi connectivity index (χ1) is 8.45. The van der Waals surface area contributed by atoms with Crippen LogP contribution in [0.1, 0.15) is 39.5 Å². The van der Waals surface area contributed by atoms with Crippen LogP contribution in [0.4, 0.5) is 0 Å². The minimum absolute atomic E-state index is 0.00889. The minimum atomic E-state index is -0.459. The van der Waals surface area contributed by atoms with Crippen molar-refractivity contribution >= 4 is 11.8 Å². The van der Waals surface area contributed by atoms with E-state index in [2.05, 4.69) is 13.8 Å². The summed E-state index contributed by atoms with van der Waals surface area (Å²) in [5, 5.41) is 0. The Balaban J connectivity index is 2.71. The molecule has 0 aromatic rings. The van der Waals surface area contributed by atoms with Crippen molar-refractivity contribution < 1.29 is 9.59 Å². The lowest BCUT2D eigenvalue weighted by Gasteiger charge is -2.46. The van der Waals surface area contributed by atoms with Gasteiger partial charge in [0, 0.05) is 13.1 Å². The molecule has 0 aromatic heterocycles. The average molecular weight is 255 g/mol. The van der Waals surface area contributed by atoms with Crippen LogP contribution in [0.15, 0.2) is 0 Å². The molecule has 1 saturated carbocycles. The van der Waals surface area contributed by atoms with Crippen molar-refractivity contribution in [1.82, 2.24) is 4.90 Å². The van der Waals surface area contributed by atoms with Gasteiger partial charge in [-0.2, -0.15) is 0 Å². The Morgan fingerprint density at radius 2 is 2.00 bits per heavy atom. The van der Waals surface area contributed by atoms with Crippen LogP contribution in [0.3, 0.4) is 0 Å². The van der Waals surface area contributed by atoms with E-state index in [1.165, 1.54) is 0 Å². The monoisotopic (exact) mass is 255 g/mol. The SMILES string of the molecule is CCCCN(CC(N)=O)C(=O)C1(CN)CC(C)C1. The molecule has 1 aliphatic rings. The number of unbranched alkanes of at least 4 members (excludes halogenated alkanes) is 1. The van der Waals surface area contributed by atoms with Crippen molar-refractivity contribution in [2.45, 2.75) is 39.5 Å². The van der Waals surface area contributed by atoms with Gasteiger partial charge in [-0.15, -0.1) is 0 Å². The molecule has 1 rings (SSSR count). The van der Waals surface area contributed by atoms with Crippen molar-refractivity contribution in [3.63, 3.8) is 0 Å². The van der Waals surface area contributed by atoms with Gasteiger partial charge in [-0.25, -0.2) is 0 Å². The van der Waals surface area contributed by atoms with Crippen molar-refractivity contribution in [2.75, 3.05) is 19.6 Å². The normalized spacial score (nSPS) is 26.5. The largest absolute Gasteiger partial charge is 0.368 e. The lowest BCUT2D eigenvalue weighted by molar-refractivity contribution is -0.151. The first kappa shape index (κ1) is 15.0. The molecule has 0 bridgehead atoms. The van der Waals surface area contributed by atoms with Crippen LogP contribution in [-0.2, 0) is 9.59 Å². The van der Waals surface area contributed by atoms with Gasteiger partial charge in [0.25, 0.3) is 0 Å². The predicted molar refractivity (Wildman–Crippen MR) is 70.6 cm³/mol. The van der Waals surface area contributed by atoms with Crippen molar-refractivity contribution in [3.05, 3.63) is 0 Å². The van der Waals surface area contributed by atoms with Gasteiger partial charge in [-0.05, 0) is 25.2 Å². The molecular formula is C13H25N3O2. The van der Waals surface area contributed by atoms with Crippen LogP contribution < -0.4 is 11.5 Å². The lowest BCUT2D eigenvalue weighted by Crippen LogP contribution is -2.56. The standard InChI is InChI=1S/C13H25N3O2/c1-3-4-5-16(8-11(15)17)12(18)13(9-14)6-10(2)7-13/h10H,3-9,14H2,1-2H3,(H2,15,17). The predicted octanol–water partition coefficient (Wildman–Crippen LogP) is 0.475. The molecule has 0 radical (unpaired) electrons. The number of nitrogens with two attached hydrogens (primary N) is 2. The highest BCUT2D eigenvalue weighted by Crippen LogP contribution is 2.45. The van der Waals surface area contributed by atoms with E-state index in [9.17, 15) is 9.59 Å². The minimum Gasteiger partial charge on any atom is -0.368 e. The zero-order valence-electron chi connectivity index (χ0n) is 11.4. The summed E-state index contributed by atoms with van der Waals surface area (Å²) in [5.74, 6) is 0.0912. The van der Waals surface area contributed by atoms with Gasteiger partial charge in [-0.3, -0.25) is 9.59 Å². The van der Waals surface area contributed by atoms with Crippen molar-refractivity contribution in [2.24, 2.45) is 22.8 Å². The van der Waals surface area contributed by atoms with Crippen LogP contribution in [0.25, 0.3) is 0 Å². The maximum atomic E-state index is 12.5. The summed E-state index contributed by atoms with van der Waals surface area (Å²) in [5.41, 5.74) is 10.5. The molecule has 0 aliphatic heterocycles. The maximum Gasteiger partial charge on any atom is 0.237 e. The highest BCUT2D eigenvalue weighted by atomic mass is 16.2. The van der Waals surface area contributed by atoms with Crippen molar-refractivity contribution in [3.8, 4) is 0 Å². The Labute approximate surface area is 109 Å². The molecule has 1 fully saturated rings. The number of carbonyl (C=O) groups excluding carboxylic acids is 2. The van der Waals surface area contributed by atoms with E-state index < -0.39 is 11.3 Å². The molecule has 5 heteroatoms. The van der Waals surface area contributed by atoms with E-state index in [0.717, 1.165) is 25.7 Å². The molecular weight excluding hydrogens is 230 g/mol. The molecule has 1 aliphatic carbocycles. The number of primary amides is 1. The van der Waals surface area contributed by atoms with Gasteiger partial charge in [0.1, 0.15) is 0 Å². The number of nitrogens with zero attached hydrogens (tertiary/aromatic N) is 1. The molecule has 5 nitrogen and oxygen atoms in total. The highest BCUT2D eigenvalue weighted by molar-refractivity contribution is 5.88. The Bertz CT molecular complexity index is 311. The summed E-state index contributed by atoms with van der Waals surface area (Å²) in [7, 11) is 0. The second kappa shape index (κ2) is 6.18. The Kier molecular flexibility index (Phi) is 5.14. The average Bonchev–Trinajstić information content (AvgIpc) is 2.28. The van der Waals surface area contributed by atoms with Crippen LogP contribution in [0, 0.1) is 11.3 Å². The van der Waals surface area contributed by atoms with E-state index in [-0.39, 0.29) is 12.5 Å². The van der Waals surface area contributed by atoms with Crippen LogP contribution in [0.5, 0.6) is 0 Å². The first-order valence-corrected chi connectivity index (χ1v) is 6.73. The topological polar surface area (TPSA) is 89.4 Å². The fourth-order valence-electron chi connectivity index (χ4n) is 2.83. The van der Waals surface area contributed by atoms with Crippen LogP contribution >= 0.6 is 0 Å². The van der Waals surface area contributed by atoms with E-state index in [0.29, 0.717) is 19.0 Å². The third kappa shape index (κ3) is 3.22. The molecule has 4 N–H and O–H groups in total. The highest BCUT2D eigenvalue weighted by Gasteiger charge is 2.48. The summed E-state index contributed by atoms with van der Waals surface area (Å²) in [6.07, 6.45) is 3.51. The van der Waals surface area contributed by atoms with Crippen molar-refractivity contribution in [1.29, 1.82) is 0 Å². The lowest BCUT2D eigenvalue weighted by atomic mass is 9.62. The first-order valence-electron chi connectivity index (χ1n) is 6.73. The zero-order valence-corrected chi connectivity index (χ0v) is 11.4. The van der Waals surface area contributed by atoms with Crippen LogP contribution in [0.2, 0.25) is 0 Å². The van der Waals surface area contributed by atoms with Gasteiger partial charge in [0.05, 0.1) is 12.0 Å². The van der Waals surface area contributed by atoms with Gasteiger partial charge >= 0.3 is 0 Å². The fourth-order valence-corrected chi connectivity index (χ4v) is 2.83. The van der Waals surface area contributed by atoms with Gasteiger partial charge in [-0.1, -0.05) is 20.3 Å². The molecule has 0 heterocycles. The molecule has 18 heavy (non-hydrogen) atoms. The summed E-state index contributed by atoms with van der Waals surface area (Å²) >= 11 is 0. The zero-order chi connectivity index (χ0) is 13.8. The molecule has 0 spiro atoms. The number of hydrogen-bond acceptors (Lipinski definition) is 3. The molecule has 0 aromatic carbocycles. The third-order valence-electron chi connectivity index (χ3n) is 3.74. The Hall–Kier alpha value is -1.10. The molecule has 0 atom stereocenters. The summed E-state index contributed by atoms with van der Waals surface area (Å²) in [6, 6.07) is 0. The smallest absolute Gasteiger partial charge is 0.237 e. The van der Waals surface area contributed by atoms with Crippen LogP contribution in [-0.4, -0.2) is 36.3 Å². The summed E-state index contributed by atoms with van der Waals surface area (Å²) < 4.78 is 0. The number of rotatable bonds is 7. The quantitative estimate of drug-likeness (QED) is 0.693. The summed E-state index contributed by atoms with van der Waals surface area (Å²) in [6.45, 7) is 5.13. The summed E-state index contributed by atoms with van der Waals surface area (Å²) in [4.78, 5) is 25.2. The van der Waals surface area contributed by atoms with Gasteiger partial charge in [0.2, 0.25) is 11.8 Å². The second-order valence-electron chi connectivity index (χ2n) is 5.54. The maximum absolute atomic E-state index is 12.5. The molecule has 0 saturated heterocycles. The molecule has 0 unspecified atom stereocenters. The third-order valence-corrected chi connectivity index (χ3v) is 3.74. The Morgan fingerprint density at radius 1 is 1.39 bits per heavy atom. The Morgan fingerprint density at radius 3 is 2.39 bits per heavy atom. The number of amides is 2. The van der Waals surface area contributed by atoms with Gasteiger partial charge < -0.3 is 16.4 Å². The van der Waals surface area contributed by atoms with E-state index in [1.807, 2.05) is 0 Å². The molecule has 2 amide bonds. The van der Waals surface area contributed by atoms with E-state index in [1.54, 1.807) is 4.90 Å².